The molecule has 2 aromatic heterocycles. The molecule has 4 rings (SSSR count). The lowest BCUT2D eigenvalue weighted by atomic mass is 9.87. The largest absolute Gasteiger partial charge is 0.320 e. The molecule has 1 aliphatic carbocycles. The second-order valence-corrected chi connectivity index (χ2v) is 9.92. The summed E-state index contributed by atoms with van der Waals surface area (Å²) in [6, 6.07) is 9.95. The number of sulfone groups is 1. The molecule has 0 saturated heterocycles. The van der Waals surface area contributed by atoms with Gasteiger partial charge in [0.05, 0.1) is 5.52 Å². The average molecular weight is 448 g/mol. The number of benzene rings is 1. The number of pyridine rings is 1. The minimum Gasteiger partial charge on any atom is -0.320 e. The predicted octanol–water partition coefficient (Wildman–Crippen LogP) is 3.91. The number of hydrogen-bond donors (Lipinski definition) is 1. The summed E-state index contributed by atoms with van der Waals surface area (Å²) in [4.78, 5) is 17.0. The second kappa shape index (κ2) is 7.99. The molecule has 1 saturated carbocycles. The van der Waals surface area contributed by atoms with Crippen molar-refractivity contribution >= 4 is 32.3 Å². The van der Waals surface area contributed by atoms with Gasteiger partial charge >= 0.3 is 0 Å². The van der Waals surface area contributed by atoms with Crippen molar-refractivity contribution < 1.29 is 22.0 Å². The Kier molecular flexibility index (Phi) is 5.50. The number of anilines is 1. The van der Waals surface area contributed by atoms with Crippen molar-refractivity contribution in [1.29, 1.82) is 0 Å². The van der Waals surface area contributed by atoms with Crippen LogP contribution in [0.25, 0.3) is 10.9 Å². The maximum atomic E-state index is 13.5. The summed E-state index contributed by atoms with van der Waals surface area (Å²) in [5.74, 6) is -3.08. The third kappa shape index (κ3) is 4.73. The van der Waals surface area contributed by atoms with Gasteiger partial charge in [-0.3, -0.25) is 9.48 Å². The predicted molar refractivity (Wildman–Crippen MR) is 112 cm³/mol. The van der Waals surface area contributed by atoms with Crippen LogP contribution in [-0.4, -0.2) is 41.3 Å². The minimum absolute atomic E-state index is 0.00162. The Morgan fingerprint density at radius 1 is 1.23 bits per heavy atom. The van der Waals surface area contributed by atoms with Crippen LogP contribution in [0.3, 0.4) is 0 Å². The maximum absolute atomic E-state index is 13.5. The van der Waals surface area contributed by atoms with Crippen LogP contribution >= 0.6 is 0 Å². The molecular weight excluding hydrogens is 426 g/mol. The molecule has 31 heavy (non-hydrogen) atoms. The van der Waals surface area contributed by atoms with Crippen LogP contribution in [0.1, 0.15) is 36.2 Å². The number of rotatable bonds is 5. The normalized spacial score (nSPS) is 17.0. The monoisotopic (exact) mass is 448 g/mol. The number of nitrogens with zero attached hydrogens (tertiary/aromatic N) is 3. The van der Waals surface area contributed by atoms with Gasteiger partial charge in [0.2, 0.25) is 5.92 Å². The zero-order valence-corrected chi connectivity index (χ0v) is 17.7. The molecule has 1 N–H and O–H groups in total. The van der Waals surface area contributed by atoms with E-state index in [1.54, 1.807) is 22.9 Å². The van der Waals surface area contributed by atoms with Crippen molar-refractivity contribution in [2.45, 2.75) is 43.2 Å². The van der Waals surface area contributed by atoms with Crippen LogP contribution in [-0.2, 0) is 16.4 Å². The first-order valence-corrected chi connectivity index (χ1v) is 11.8. The molecule has 1 fully saturated rings. The van der Waals surface area contributed by atoms with E-state index in [0.717, 1.165) is 6.26 Å². The quantitative estimate of drug-likeness (QED) is 0.639. The fraction of sp³-hybridized carbons (Fsp3) is 0.381. The summed E-state index contributed by atoms with van der Waals surface area (Å²) in [6.07, 6.45) is 2.76. The zero-order chi connectivity index (χ0) is 22.2. The Balaban J connectivity index is 1.63. The Morgan fingerprint density at radius 2 is 1.94 bits per heavy atom. The molecule has 0 radical (unpaired) electrons. The molecule has 0 atom stereocenters. The number of fused-ring (bicyclic) bond motifs is 1. The lowest BCUT2D eigenvalue weighted by Crippen LogP contribution is -2.28. The van der Waals surface area contributed by atoms with E-state index < -0.39 is 21.7 Å². The summed E-state index contributed by atoms with van der Waals surface area (Å²) in [6.45, 7) is 0.360. The first-order chi connectivity index (χ1) is 14.6. The number of aromatic nitrogens is 3. The number of amides is 1. The molecule has 2 heterocycles. The summed E-state index contributed by atoms with van der Waals surface area (Å²) in [5, 5.41) is 7.73. The number of nitrogens with one attached hydrogen (secondary N) is 1. The van der Waals surface area contributed by atoms with Crippen molar-refractivity contribution in [3.8, 4) is 0 Å². The van der Waals surface area contributed by atoms with E-state index in [-0.39, 0.29) is 29.5 Å². The fourth-order valence-corrected chi connectivity index (χ4v) is 4.45. The van der Waals surface area contributed by atoms with Crippen LogP contribution in [0, 0.1) is 5.92 Å². The maximum Gasteiger partial charge on any atom is 0.274 e. The molecule has 0 unspecified atom stereocenters. The van der Waals surface area contributed by atoms with Crippen LogP contribution in [0.15, 0.2) is 47.6 Å². The molecule has 1 amide bonds. The van der Waals surface area contributed by atoms with Gasteiger partial charge in [-0.25, -0.2) is 22.2 Å². The van der Waals surface area contributed by atoms with Gasteiger partial charge in [-0.05, 0) is 37.0 Å². The molecule has 7 nitrogen and oxygen atoms in total. The Bertz CT molecular complexity index is 1230. The van der Waals surface area contributed by atoms with Crippen molar-refractivity contribution in [1.82, 2.24) is 14.8 Å². The third-order valence-corrected chi connectivity index (χ3v) is 6.48. The van der Waals surface area contributed by atoms with Crippen molar-refractivity contribution in [3.63, 3.8) is 0 Å². The van der Waals surface area contributed by atoms with Crippen LogP contribution in [0.4, 0.5) is 14.5 Å². The summed E-state index contributed by atoms with van der Waals surface area (Å²) >= 11 is 0. The highest BCUT2D eigenvalue weighted by atomic mass is 32.2. The topological polar surface area (TPSA) is 94.0 Å². The first-order valence-electron chi connectivity index (χ1n) is 9.93. The SMILES string of the molecule is CS(=O)(=O)c1cc(NC(=O)c2c3ccccc3nn2CC2CCC(F)(F)CC2)ccn1. The molecule has 164 valence electrons. The summed E-state index contributed by atoms with van der Waals surface area (Å²) in [7, 11) is -3.53. The van der Waals surface area contributed by atoms with Gasteiger partial charge in [0.1, 0.15) is 5.69 Å². The molecule has 10 heteroatoms. The lowest BCUT2D eigenvalue weighted by molar-refractivity contribution is -0.0476. The molecule has 3 aromatic rings. The molecule has 1 aromatic carbocycles. The van der Waals surface area contributed by atoms with E-state index in [4.69, 9.17) is 0 Å². The van der Waals surface area contributed by atoms with Gasteiger partial charge in [-0.15, -0.1) is 0 Å². The standard InChI is InChI=1S/C21H22F2N4O3S/c1-31(29,30)18-12-15(8-11-24-18)25-20(28)19-16-4-2-3-5-17(16)26-27(19)13-14-6-9-21(22,23)10-7-14/h2-5,8,11-12,14H,6-7,9-10,13H2,1H3,(H,24,25,28). The van der Waals surface area contributed by atoms with Crippen molar-refractivity contribution in [3.05, 3.63) is 48.3 Å². The van der Waals surface area contributed by atoms with Gasteiger partial charge in [0.25, 0.3) is 5.91 Å². The third-order valence-electron chi connectivity index (χ3n) is 5.50. The highest BCUT2D eigenvalue weighted by Gasteiger charge is 2.35. The Morgan fingerprint density at radius 3 is 2.65 bits per heavy atom. The summed E-state index contributed by atoms with van der Waals surface area (Å²) < 4.78 is 52.1. The Hall–Kier alpha value is -2.88. The van der Waals surface area contributed by atoms with Gasteiger partial charge in [-0.1, -0.05) is 18.2 Å². The van der Waals surface area contributed by atoms with E-state index >= 15 is 0 Å². The van der Waals surface area contributed by atoms with Gasteiger partial charge in [0.15, 0.2) is 14.9 Å². The van der Waals surface area contributed by atoms with Gasteiger partial charge in [0, 0.05) is 42.9 Å². The smallest absolute Gasteiger partial charge is 0.274 e. The number of halogens is 2. The van der Waals surface area contributed by atoms with Gasteiger partial charge in [-0.2, -0.15) is 5.10 Å². The number of alkyl halides is 2. The van der Waals surface area contributed by atoms with Crippen LogP contribution in [0.5, 0.6) is 0 Å². The first kappa shape index (κ1) is 21.4. The number of carbonyl (C=O) groups excluding carboxylic acids is 1. The fourth-order valence-electron chi connectivity index (χ4n) is 3.86. The van der Waals surface area contributed by atoms with E-state index in [1.807, 2.05) is 6.07 Å². The molecule has 1 aliphatic rings. The molecule has 0 spiro atoms. The van der Waals surface area contributed by atoms with Crippen LogP contribution < -0.4 is 5.32 Å². The van der Waals surface area contributed by atoms with Crippen molar-refractivity contribution in [2.24, 2.45) is 5.92 Å². The van der Waals surface area contributed by atoms with Gasteiger partial charge < -0.3 is 5.32 Å². The zero-order valence-electron chi connectivity index (χ0n) is 16.9. The lowest BCUT2D eigenvalue weighted by Gasteiger charge is -2.28. The highest BCUT2D eigenvalue weighted by molar-refractivity contribution is 7.90. The summed E-state index contributed by atoms with van der Waals surface area (Å²) in [5.41, 5.74) is 1.22. The second-order valence-electron chi connectivity index (χ2n) is 7.96. The number of hydrogen-bond acceptors (Lipinski definition) is 5. The minimum atomic E-state index is -3.53. The van der Waals surface area contributed by atoms with E-state index in [9.17, 15) is 22.0 Å². The molecule has 0 aliphatic heterocycles. The molecular formula is C21H22F2N4O3S. The van der Waals surface area contributed by atoms with E-state index in [2.05, 4.69) is 15.4 Å². The van der Waals surface area contributed by atoms with Crippen molar-refractivity contribution in [2.75, 3.05) is 11.6 Å². The average Bonchev–Trinajstić information content (AvgIpc) is 3.07. The number of carbonyl (C=O) groups is 1. The van der Waals surface area contributed by atoms with E-state index in [0.29, 0.717) is 36.0 Å². The van der Waals surface area contributed by atoms with E-state index in [1.165, 1.54) is 18.3 Å². The molecule has 0 bridgehead atoms. The highest BCUT2D eigenvalue weighted by Crippen LogP contribution is 2.37. The van der Waals surface area contributed by atoms with Crippen LogP contribution in [0.2, 0.25) is 0 Å². The Labute approximate surface area is 178 Å².